The quantitative estimate of drug-likeness (QED) is 0.452. The third-order valence-corrected chi connectivity index (χ3v) is 5.38. The predicted molar refractivity (Wildman–Crippen MR) is 122 cm³/mol. The van der Waals surface area contributed by atoms with Gasteiger partial charge in [0.2, 0.25) is 5.71 Å². The normalized spacial score (nSPS) is 12.8. The fraction of sp³-hybridized carbons (Fsp3) is 0.227. The van der Waals surface area contributed by atoms with Gasteiger partial charge in [-0.05, 0) is 61.7 Å². The molecule has 0 saturated carbocycles. The van der Waals surface area contributed by atoms with Gasteiger partial charge in [0.15, 0.2) is 0 Å². The van der Waals surface area contributed by atoms with E-state index in [4.69, 9.17) is 28.3 Å². The molecule has 2 amide bonds. The number of hydrogen-bond donors (Lipinski definition) is 2. The molecule has 0 fully saturated rings. The van der Waals surface area contributed by atoms with Crippen molar-refractivity contribution >= 4 is 46.6 Å². The number of anilines is 1. The van der Waals surface area contributed by atoms with Gasteiger partial charge in [-0.25, -0.2) is 9.69 Å². The number of hydrazone groups is 1. The summed E-state index contributed by atoms with van der Waals surface area (Å²) in [4.78, 5) is 23.8. The maximum atomic E-state index is 12.2. The molecule has 2 aromatic carbocycles. The summed E-state index contributed by atoms with van der Waals surface area (Å²) in [5.74, 6) is -1.05. The summed E-state index contributed by atoms with van der Waals surface area (Å²) in [5, 5.41) is 32.8. The Bertz CT molecular complexity index is 1140. The smallest absolute Gasteiger partial charge is 0.414 e. The molecule has 0 aliphatic heterocycles. The summed E-state index contributed by atoms with van der Waals surface area (Å²) < 4.78 is 0. The van der Waals surface area contributed by atoms with Gasteiger partial charge in [-0.3, -0.25) is 10.2 Å². The molecule has 2 rings (SSSR count). The van der Waals surface area contributed by atoms with Crippen molar-refractivity contribution < 1.29 is 14.7 Å². The van der Waals surface area contributed by atoms with Gasteiger partial charge in [0, 0.05) is 16.6 Å². The first-order valence-corrected chi connectivity index (χ1v) is 10.1. The van der Waals surface area contributed by atoms with Gasteiger partial charge in [0.1, 0.15) is 11.5 Å². The van der Waals surface area contributed by atoms with Crippen molar-refractivity contribution in [2.24, 2.45) is 5.10 Å². The van der Waals surface area contributed by atoms with Crippen molar-refractivity contribution in [2.75, 3.05) is 12.0 Å². The summed E-state index contributed by atoms with van der Waals surface area (Å²) in [7, 11) is 0. The van der Waals surface area contributed by atoms with Crippen LogP contribution in [-0.4, -0.2) is 34.3 Å². The number of halogens is 2. The van der Waals surface area contributed by atoms with E-state index in [0.29, 0.717) is 32.3 Å². The zero-order valence-corrected chi connectivity index (χ0v) is 19.0. The van der Waals surface area contributed by atoms with Crippen LogP contribution < -0.4 is 5.43 Å². The molecule has 0 spiro atoms. The molecule has 8 nitrogen and oxygen atoms in total. The standard InChI is InChI=1S/C22H19Cl2N5O3/c1-4-29(21(31)32)20(30)18(11-25)28-27-16-9-13(2)19(17(24)10-16)22(3,12-26)14-5-7-15(23)8-6-14/h5-10,27H,4H2,1-3H3,(H,31,32)/b28-18+. The number of nitrogens with one attached hydrogen (secondary N) is 1. The van der Waals surface area contributed by atoms with Crippen molar-refractivity contribution in [3.8, 4) is 12.1 Å². The fourth-order valence-electron chi connectivity index (χ4n) is 3.22. The highest BCUT2D eigenvalue weighted by molar-refractivity contribution is 6.46. The molecule has 1 atom stereocenters. The highest BCUT2D eigenvalue weighted by Gasteiger charge is 2.33. The number of rotatable bonds is 6. The van der Waals surface area contributed by atoms with Crippen molar-refractivity contribution in [3.63, 3.8) is 0 Å². The molecule has 0 radical (unpaired) electrons. The van der Waals surface area contributed by atoms with Crippen molar-refractivity contribution in [1.29, 1.82) is 10.5 Å². The van der Waals surface area contributed by atoms with Crippen molar-refractivity contribution in [2.45, 2.75) is 26.2 Å². The van der Waals surface area contributed by atoms with Crippen LogP contribution in [0, 0.1) is 29.6 Å². The highest BCUT2D eigenvalue weighted by Crippen LogP contribution is 2.39. The van der Waals surface area contributed by atoms with Crippen LogP contribution in [0.3, 0.4) is 0 Å². The number of imide groups is 1. The van der Waals surface area contributed by atoms with E-state index in [1.807, 2.05) is 0 Å². The van der Waals surface area contributed by atoms with E-state index in [1.165, 1.54) is 13.0 Å². The van der Waals surface area contributed by atoms with Crippen LogP contribution in [0.25, 0.3) is 0 Å². The number of amides is 2. The molecule has 1 unspecified atom stereocenters. The Morgan fingerprint density at radius 3 is 2.31 bits per heavy atom. The molecule has 0 bridgehead atoms. The Morgan fingerprint density at radius 1 is 1.22 bits per heavy atom. The lowest BCUT2D eigenvalue weighted by atomic mass is 9.75. The molecule has 0 aromatic heterocycles. The minimum absolute atomic E-state index is 0.133. The summed E-state index contributed by atoms with van der Waals surface area (Å²) in [6.45, 7) is 4.84. The lowest BCUT2D eigenvalue weighted by molar-refractivity contribution is -0.121. The molecule has 10 heteroatoms. The van der Waals surface area contributed by atoms with E-state index in [0.717, 1.165) is 0 Å². The first-order chi connectivity index (χ1) is 15.1. The molecule has 0 heterocycles. The number of hydrogen-bond acceptors (Lipinski definition) is 6. The van der Waals surface area contributed by atoms with Gasteiger partial charge in [-0.1, -0.05) is 35.3 Å². The molecular formula is C22H19Cl2N5O3. The molecule has 0 aliphatic carbocycles. The van der Waals surface area contributed by atoms with Gasteiger partial charge in [-0.15, -0.1) is 0 Å². The zero-order chi connectivity index (χ0) is 24.1. The Morgan fingerprint density at radius 2 is 1.84 bits per heavy atom. The first kappa shape index (κ1) is 24.7. The molecule has 0 saturated heterocycles. The second-order valence-corrected chi connectivity index (χ2v) is 7.75. The van der Waals surface area contributed by atoms with Crippen LogP contribution in [-0.2, 0) is 10.2 Å². The maximum absolute atomic E-state index is 12.2. The van der Waals surface area contributed by atoms with E-state index in [2.05, 4.69) is 16.6 Å². The monoisotopic (exact) mass is 471 g/mol. The molecule has 2 N–H and O–H groups in total. The van der Waals surface area contributed by atoms with E-state index >= 15 is 0 Å². The SMILES string of the molecule is CCN(C(=O)O)C(=O)/C(C#N)=N/Nc1cc(C)c(C(C)(C#N)c2ccc(Cl)cc2)c(Cl)c1. The maximum Gasteiger partial charge on any atom is 0.414 e. The fourth-order valence-corrected chi connectivity index (χ4v) is 3.81. The summed E-state index contributed by atoms with van der Waals surface area (Å²) >= 11 is 12.5. The Hall–Kier alpha value is -3.59. The number of benzene rings is 2. The first-order valence-electron chi connectivity index (χ1n) is 9.35. The van der Waals surface area contributed by atoms with Crippen molar-refractivity contribution in [3.05, 3.63) is 63.1 Å². The third-order valence-electron chi connectivity index (χ3n) is 4.83. The minimum atomic E-state index is -1.48. The Labute approximate surface area is 195 Å². The van der Waals surface area contributed by atoms with Crippen LogP contribution in [0.1, 0.15) is 30.5 Å². The van der Waals surface area contributed by atoms with Crippen LogP contribution >= 0.6 is 23.2 Å². The van der Waals surface area contributed by atoms with Gasteiger partial charge in [-0.2, -0.15) is 15.6 Å². The third kappa shape index (κ3) is 5.00. The Balaban J connectivity index is 2.43. The van der Waals surface area contributed by atoms with E-state index in [-0.39, 0.29) is 11.6 Å². The number of carbonyl (C=O) groups is 2. The van der Waals surface area contributed by atoms with Gasteiger partial charge >= 0.3 is 6.09 Å². The number of nitrogens with zero attached hydrogens (tertiary/aromatic N) is 4. The lowest BCUT2D eigenvalue weighted by Crippen LogP contribution is -2.40. The topological polar surface area (TPSA) is 130 Å². The molecular weight excluding hydrogens is 453 g/mol. The van der Waals surface area contributed by atoms with Gasteiger partial charge < -0.3 is 5.11 Å². The average Bonchev–Trinajstić information content (AvgIpc) is 2.74. The summed E-state index contributed by atoms with van der Waals surface area (Å²) in [6.07, 6.45) is -1.48. The largest absolute Gasteiger partial charge is 0.465 e. The number of carboxylic acid groups (broad SMARTS) is 1. The molecule has 32 heavy (non-hydrogen) atoms. The molecule has 164 valence electrons. The van der Waals surface area contributed by atoms with Gasteiger partial charge in [0.05, 0.1) is 11.8 Å². The van der Waals surface area contributed by atoms with Crippen LogP contribution in [0.5, 0.6) is 0 Å². The lowest BCUT2D eigenvalue weighted by Gasteiger charge is -2.26. The van der Waals surface area contributed by atoms with E-state index in [9.17, 15) is 20.1 Å². The number of carbonyl (C=O) groups excluding carboxylic acids is 1. The average molecular weight is 472 g/mol. The van der Waals surface area contributed by atoms with Crippen molar-refractivity contribution in [1.82, 2.24) is 4.90 Å². The van der Waals surface area contributed by atoms with E-state index in [1.54, 1.807) is 50.2 Å². The summed E-state index contributed by atoms with van der Waals surface area (Å²) in [6, 6.07) is 14.0. The van der Waals surface area contributed by atoms with Crippen LogP contribution in [0.15, 0.2) is 41.5 Å². The van der Waals surface area contributed by atoms with Crippen LogP contribution in [0.2, 0.25) is 10.0 Å². The summed E-state index contributed by atoms with van der Waals surface area (Å²) in [5.41, 5.74) is 3.17. The number of nitriles is 2. The predicted octanol–water partition coefficient (Wildman–Crippen LogP) is 4.95. The molecule has 2 aromatic rings. The Kier molecular flexibility index (Phi) is 7.82. The second-order valence-electron chi connectivity index (χ2n) is 6.91. The second kappa shape index (κ2) is 10.1. The van der Waals surface area contributed by atoms with E-state index < -0.39 is 23.1 Å². The molecule has 0 aliphatic rings. The minimum Gasteiger partial charge on any atom is -0.465 e. The van der Waals surface area contributed by atoms with Gasteiger partial charge in [0.25, 0.3) is 5.91 Å². The van der Waals surface area contributed by atoms with Crippen LogP contribution in [0.4, 0.5) is 10.5 Å². The zero-order valence-electron chi connectivity index (χ0n) is 17.5. The highest BCUT2D eigenvalue weighted by atomic mass is 35.5. The number of aryl methyl sites for hydroxylation is 1.